The van der Waals surface area contributed by atoms with E-state index in [1.165, 1.54) is 7.11 Å². The average Bonchev–Trinajstić information content (AvgIpc) is 3.01. The molecule has 1 heterocycles. The van der Waals surface area contributed by atoms with Gasteiger partial charge in [0.25, 0.3) is 0 Å². The Balaban J connectivity index is 1.96. The van der Waals surface area contributed by atoms with Crippen LogP contribution in [0.2, 0.25) is 0 Å². The molecule has 0 aromatic heterocycles. The van der Waals surface area contributed by atoms with Crippen LogP contribution in [0.25, 0.3) is 0 Å². The van der Waals surface area contributed by atoms with E-state index in [2.05, 4.69) is 5.32 Å². The van der Waals surface area contributed by atoms with E-state index in [0.29, 0.717) is 25.8 Å². The predicted octanol–water partition coefficient (Wildman–Crippen LogP) is 0.917. The van der Waals surface area contributed by atoms with E-state index in [4.69, 9.17) is 4.74 Å². The zero-order valence-electron chi connectivity index (χ0n) is 10.2. The van der Waals surface area contributed by atoms with Crippen molar-refractivity contribution in [3.05, 3.63) is 0 Å². The molecule has 1 N–H and O–H groups in total. The number of amides is 1. The van der Waals surface area contributed by atoms with Crippen molar-refractivity contribution < 1.29 is 22.7 Å². The molecule has 0 bridgehead atoms. The van der Waals surface area contributed by atoms with Crippen LogP contribution in [-0.2, 0) is 9.53 Å². The Morgan fingerprint density at radius 3 is 2.56 bits per heavy atom. The van der Waals surface area contributed by atoms with Crippen molar-refractivity contribution in [1.82, 2.24) is 10.2 Å². The second kappa shape index (κ2) is 5.05. The number of nitrogens with zero attached hydrogens (tertiary/aromatic N) is 1. The van der Waals surface area contributed by atoms with Crippen LogP contribution in [-0.4, -0.2) is 55.4 Å². The first-order valence-corrected chi connectivity index (χ1v) is 6.04. The summed E-state index contributed by atoms with van der Waals surface area (Å²) < 4.78 is 42.4. The first kappa shape index (κ1) is 13.6. The first-order valence-electron chi connectivity index (χ1n) is 6.04. The highest BCUT2D eigenvalue weighted by molar-refractivity contribution is 5.83. The lowest BCUT2D eigenvalue weighted by atomic mass is 10.1. The van der Waals surface area contributed by atoms with Gasteiger partial charge >= 0.3 is 6.18 Å². The van der Waals surface area contributed by atoms with Gasteiger partial charge in [0, 0.05) is 19.7 Å². The lowest BCUT2D eigenvalue weighted by Gasteiger charge is -2.26. The van der Waals surface area contributed by atoms with Crippen molar-refractivity contribution in [1.29, 1.82) is 0 Å². The highest BCUT2D eigenvalue weighted by atomic mass is 19.4. The summed E-state index contributed by atoms with van der Waals surface area (Å²) in [6, 6.07) is -0.777. The van der Waals surface area contributed by atoms with Gasteiger partial charge in [-0.15, -0.1) is 0 Å². The van der Waals surface area contributed by atoms with Crippen LogP contribution in [0.1, 0.15) is 19.3 Å². The quantitative estimate of drug-likeness (QED) is 0.822. The van der Waals surface area contributed by atoms with Gasteiger partial charge in [-0.1, -0.05) is 0 Å². The monoisotopic (exact) mass is 266 g/mol. The van der Waals surface area contributed by atoms with Crippen LogP contribution in [0.4, 0.5) is 13.2 Å². The third-order valence-electron chi connectivity index (χ3n) is 3.34. The smallest absolute Gasteiger partial charge is 0.380 e. The molecular formula is C11H17F3N2O2. The summed E-state index contributed by atoms with van der Waals surface area (Å²) >= 11 is 0. The number of ether oxygens (including phenoxy) is 1. The molecule has 2 rings (SSSR count). The van der Waals surface area contributed by atoms with Crippen LogP contribution in [0.15, 0.2) is 0 Å². The Hall–Kier alpha value is -0.820. The summed E-state index contributed by atoms with van der Waals surface area (Å²) in [5, 5.41) is 2.92. The van der Waals surface area contributed by atoms with E-state index in [1.54, 1.807) is 0 Å². The third kappa shape index (κ3) is 3.35. The van der Waals surface area contributed by atoms with Crippen LogP contribution in [0, 0.1) is 0 Å². The van der Waals surface area contributed by atoms with Crippen molar-refractivity contribution in [3.63, 3.8) is 0 Å². The van der Waals surface area contributed by atoms with Crippen LogP contribution < -0.4 is 5.32 Å². The van der Waals surface area contributed by atoms with Crippen LogP contribution in [0.3, 0.4) is 0 Å². The summed E-state index contributed by atoms with van der Waals surface area (Å²) in [6.45, 7) is -0.635. The molecule has 1 aliphatic carbocycles. The number of hydrogen-bond donors (Lipinski definition) is 1. The van der Waals surface area contributed by atoms with Gasteiger partial charge in [0.1, 0.15) is 6.54 Å². The summed E-state index contributed by atoms with van der Waals surface area (Å²) in [5.74, 6) is -0.450. The Labute approximate surface area is 103 Å². The van der Waals surface area contributed by atoms with E-state index >= 15 is 0 Å². The van der Waals surface area contributed by atoms with Crippen molar-refractivity contribution in [2.45, 2.75) is 43.6 Å². The number of rotatable bonds is 4. The molecule has 2 atom stereocenters. The van der Waals surface area contributed by atoms with E-state index in [-0.39, 0.29) is 12.1 Å². The van der Waals surface area contributed by atoms with E-state index in [1.807, 2.05) is 0 Å². The van der Waals surface area contributed by atoms with Crippen molar-refractivity contribution in [3.8, 4) is 0 Å². The van der Waals surface area contributed by atoms with Gasteiger partial charge in [0.2, 0.25) is 5.91 Å². The molecule has 0 aromatic rings. The molecule has 2 unspecified atom stereocenters. The van der Waals surface area contributed by atoms with E-state index < -0.39 is 24.7 Å². The highest BCUT2D eigenvalue weighted by Crippen LogP contribution is 2.31. The molecule has 18 heavy (non-hydrogen) atoms. The number of methoxy groups -OCH3 is 1. The average molecular weight is 266 g/mol. The molecule has 0 aromatic carbocycles. The molecule has 2 aliphatic rings. The van der Waals surface area contributed by atoms with Gasteiger partial charge in [0.05, 0.1) is 12.1 Å². The Bertz CT molecular complexity index is 318. The lowest BCUT2D eigenvalue weighted by molar-refractivity contribution is -0.163. The van der Waals surface area contributed by atoms with Gasteiger partial charge in [-0.05, 0) is 19.3 Å². The number of carbonyl (C=O) groups excluding carboxylic acids is 1. The fourth-order valence-corrected chi connectivity index (χ4v) is 2.24. The van der Waals surface area contributed by atoms with Crippen LogP contribution >= 0.6 is 0 Å². The maximum absolute atomic E-state index is 12.4. The largest absolute Gasteiger partial charge is 0.406 e. The minimum absolute atomic E-state index is 0.0918. The van der Waals surface area contributed by atoms with Crippen molar-refractivity contribution >= 4 is 5.91 Å². The molecule has 7 heteroatoms. The predicted molar refractivity (Wildman–Crippen MR) is 58.0 cm³/mol. The van der Waals surface area contributed by atoms with Crippen molar-refractivity contribution in [2.24, 2.45) is 0 Å². The zero-order valence-corrected chi connectivity index (χ0v) is 10.2. The lowest BCUT2D eigenvalue weighted by Crippen LogP contribution is -2.48. The maximum atomic E-state index is 12.4. The Kier molecular flexibility index (Phi) is 3.82. The molecule has 1 aliphatic heterocycles. The molecule has 4 nitrogen and oxygen atoms in total. The molecule has 1 saturated heterocycles. The molecule has 1 amide bonds. The highest BCUT2D eigenvalue weighted by Gasteiger charge is 2.43. The summed E-state index contributed by atoms with van der Waals surface area (Å²) in [6.07, 6.45) is -2.65. The van der Waals surface area contributed by atoms with Gasteiger partial charge in [-0.3, -0.25) is 4.79 Å². The van der Waals surface area contributed by atoms with Gasteiger partial charge < -0.3 is 15.0 Å². The third-order valence-corrected chi connectivity index (χ3v) is 3.34. The SMILES string of the molecule is COC1CNC(C(=O)N(CC(F)(F)F)C2CC2)C1. The number of hydrogen-bond acceptors (Lipinski definition) is 3. The second-order valence-corrected chi connectivity index (χ2v) is 4.87. The summed E-state index contributed by atoms with van der Waals surface area (Å²) in [4.78, 5) is 13.0. The van der Waals surface area contributed by atoms with E-state index in [9.17, 15) is 18.0 Å². The topological polar surface area (TPSA) is 41.6 Å². The standard InChI is InChI=1S/C11H17F3N2O2/c1-18-8-4-9(15-5-8)10(17)16(7-2-3-7)6-11(12,13)14/h7-9,15H,2-6H2,1H3. The molecule has 104 valence electrons. The molecule has 0 spiro atoms. The first-order chi connectivity index (χ1) is 8.40. The van der Waals surface area contributed by atoms with Crippen LogP contribution in [0.5, 0.6) is 0 Å². The van der Waals surface area contributed by atoms with Gasteiger partial charge in [0.15, 0.2) is 0 Å². The number of nitrogens with one attached hydrogen (secondary N) is 1. The fraction of sp³-hybridized carbons (Fsp3) is 0.909. The maximum Gasteiger partial charge on any atom is 0.406 e. The second-order valence-electron chi connectivity index (χ2n) is 4.87. The molecule has 2 fully saturated rings. The number of halogens is 3. The van der Waals surface area contributed by atoms with E-state index in [0.717, 1.165) is 4.90 Å². The minimum Gasteiger partial charge on any atom is -0.380 e. The Morgan fingerprint density at radius 1 is 1.44 bits per heavy atom. The molecular weight excluding hydrogens is 249 g/mol. The minimum atomic E-state index is -4.34. The number of carbonyl (C=O) groups is 1. The summed E-state index contributed by atoms with van der Waals surface area (Å²) in [7, 11) is 1.54. The number of alkyl halides is 3. The molecule has 0 radical (unpaired) electrons. The fourth-order valence-electron chi connectivity index (χ4n) is 2.24. The zero-order chi connectivity index (χ0) is 13.3. The normalized spacial score (nSPS) is 28.4. The Morgan fingerprint density at radius 2 is 2.11 bits per heavy atom. The van der Waals surface area contributed by atoms with Crippen molar-refractivity contribution in [2.75, 3.05) is 20.2 Å². The summed E-state index contributed by atoms with van der Waals surface area (Å²) in [5.41, 5.74) is 0. The molecule has 1 saturated carbocycles. The van der Waals surface area contributed by atoms with Gasteiger partial charge in [-0.25, -0.2) is 0 Å². The van der Waals surface area contributed by atoms with Gasteiger partial charge in [-0.2, -0.15) is 13.2 Å².